The van der Waals surface area contributed by atoms with Crippen molar-refractivity contribution in [3.63, 3.8) is 0 Å². The molecule has 0 heteroatoms. The lowest BCUT2D eigenvalue weighted by Crippen LogP contribution is -2.04. The zero-order chi connectivity index (χ0) is 14.5. The van der Waals surface area contributed by atoms with Crippen molar-refractivity contribution >= 4 is 6.08 Å². The van der Waals surface area contributed by atoms with Crippen LogP contribution in [-0.2, 0) is 0 Å². The van der Waals surface area contributed by atoms with Gasteiger partial charge in [0.05, 0.1) is 5.92 Å². The average Bonchev–Trinajstić information content (AvgIpc) is 2.58. The van der Waals surface area contributed by atoms with Gasteiger partial charge in [0.15, 0.2) is 0 Å². The van der Waals surface area contributed by atoms with E-state index in [1.54, 1.807) is 0 Å². The number of benzene rings is 3. The third-order valence-electron chi connectivity index (χ3n) is 3.56. The van der Waals surface area contributed by atoms with Crippen LogP contribution in [0.15, 0.2) is 91.5 Å². The van der Waals surface area contributed by atoms with E-state index >= 15 is 0 Å². The molecule has 3 aromatic carbocycles. The fourth-order valence-electron chi connectivity index (χ4n) is 2.50. The predicted molar refractivity (Wildman–Crippen MR) is 90.0 cm³/mol. The number of rotatable bonds is 4. The summed E-state index contributed by atoms with van der Waals surface area (Å²) >= 11 is 0. The highest BCUT2D eigenvalue weighted by molar-refractivity contribution is 5.59. The van der Waals surface area contributed by atoms with Crippen molar-refractivity contribution in [1.29, 1.82) is 0 Å². The topological polar surface area (TPSA) is 0 Å². The van der Waals surface area contributed by atoms with Crippen LogP contribution in [0.4, 0.5) is 0 Å². The van der Waals surface area contributed by atoms with E-state index < -0.39 is 0 Å². The van der Waals surface area contributed by atoms with Gasteiger partial charge in [-0.15, -0.1) is 0 Å². The molecule has 1 radical (unpaired) electrons. The Balaban J connectivity index is 2.09. The molecule has 0 aliphatic carbocycles. The average molecular weight is 269 g/mol. The molecule has 0 bridgehead atoms. The molecule has 0 heterocycles. The summed E-state index contributed by atoms with van der Waals surface area (Å²) in [6.45, 7) is 3.81. The van der Waals surface area contributed by atoms with E-state index in [4.69, 9.17) is 0 Å². The number of hydrogen-bond acceptors (Lipinski definition) is 0. The first-order valence-electron chi connectivity index (χ1n) is 7.09. The normalized spacial score (nSPS) is 10.5. The molecule has 0 saturated carbocycles. The van der Waals surface area contributed by atoms with E-state index in [-0.39, 0.29) is 0 Å². The van der Waals surface area contributed by atoms with Crippen LogP contribution in [0.5, 0.6) is 0 Å². The molecule has 0 N–H and O–H groups in total. The minimum absolute atomic E-state index is 1.14. The second-order valence-electron chi connectivity index (χ2n) is 4.93. The Morgan fingerprint density at radius 3 is 1.43 bits per heavy atom. The summed E-state index contributed by atoms with van der Waals surface area (Å²) in [5.74, 6) is 1.26. The molecular weight excluding hydrogens is 252 g/mol. The third-order valence-corrected chi connectivity index (χ3v) is 3.56. The van der Waals surface area contributed by atoms with Gasteiger partial charge < -0.3 is 0 Å². The molecule has 0 aliphatic heterocycles. The van der Waals surface area contributed by atoms with Gasteiger partial charge in [-0.05, 0) is 22.3 Å². The monoisotopic (exact) mass is 269 g/mol. The quantitative estimate of drug-likeness (QED) is 0.560. The molecule has 0 amide bonds. The Labute approximate surface area is 126 Å². The van der Waals surface area contributed by atoms with Crippen LogP contribution in [0.3, 0.4) is 0 Å². The van der Waals surface area contributed by atoms with Crippen LogP contribution >= 0.6 is 0 Å². The van der Waals surface area contributed by atoms with Gasteiger partial charge in [0.2, 0.25) is 0 Å². The third kappa shape index (κ3) is 2.95. The molecule has 21 heavy (non-hydrogen) atoms. The molecule has 3 aromatic rings. The molecule has 0 saturated heterocycles. The molecule has 0 spiro atoms. The van der Waals surface area contributed by atoms with Crippen molar-refractivity contribution in [3.8, 4) is 0 Å². The SMILES string of the molecule is C=Cc1ccc([C](c2ccccc2)c2ccccc2)cc1. The van der Waals surface area contributed by atoms with Gasteiger partial charge in [0, 0.05) is 0 Å². The van der Waals surface area contributed by atoms with Gasteiger partial charge in [-0.25, -0.2) is 0 Å². The van der Waals surface area contributed by atoms with Crippen molar-refractivity contribution in [2.45, 2.75) is 0 Å². The summed E-state index contributed by atoms with van der Waals surface area (Å²) < 4.78 is 0. The Hall–Kier alpha value is -2.60. The molecule has 0 aromatic heterocycles. The summed E-state index contributed by atoms with van der Waals surface area (Å²) in [4.78, 5) is 0. The van der Waals surface area contributed by atoms with Crippen LogP contribution in [0, 0.1) is 5.92 Å². The highest BCUT2D eigenvalue weighted by atomic mass is 14.2. The van der Waals surface area contributed by atoms with Crippen LogP contribution in [-0.4, -0.2) is 0 Å². The molecule has 0 atom stereocenters. The molecule has 101 valence electrons. The van der Waals surface area contributed by atoms with Gasteiger partial charge in [-0.1, -0.05) is 97.6 Å². The zero-order valence-corrected chi connectivity index (χ0v) is 11.9. The Morgan fingerprint density at radius 2 is 1.00 bits per heavy atom. The van der Waals surface area contributed by atoms with Gasteiger partial charge in [-0.2, -0.15) is 0 Å². The van der Waals surface area contributed by atoms with Gasteiger partial charge >= 0.3 is 0 Å². The summed E-state index contributed by atoms with van der Waals surface area (Å²) in [7, 11) is 0. The van der Waals surface area contributed by atoms with Crippen LogP contribution in [0.25, 0.3) is 6.08 Å². The fourth-order valence-corrected chi connectivity index (χ4v) is 2.50. The summed E-state index contributed by atoms with van der Waals surface area (Å²) in [6.07, 6.45) is 1.87. The Bertz CT molecular complexity index is 655. The first-order chi connectivity index (χ1) is 10.4. The summed E-state index contributed by atoms with van der Waals surface area (Å²) in [6, 6.07) is 29.6. The first kappa shape index (κ1) is 13.4. The Kier molecular flexibility index (Phi) is 3.97. The van der Waals surface area contributed by atoms with Crippen LogP contribution in [0.1, 0.15) is 22.3 Å². The molecule has 0 unspecified atom stereocenters. The standard InChI is InChI=1S/C21H17/c1-2-17-13-15-20(16-14-17)21(18-9-5-3-6-10-18)19-11-7-4-8-12-19/h2-16H,1H2. The molecular formula is C21H17. The zero-order valence-electron chi connectivity index (χ0n) is 11.9. The Morgan fingerprint density at radius 1 is 0.571 bits per heavy atom. The van der Waals surface area contributed by atoms with Crippen LogP contribution < -0.4 is 0 Å². The van der Waals surface area contributed by atoms with E-state index in [1.807, 2.05) is 18.2 Å². The molecule has 0 nitrogen and oxygen atoms in total. The van der Waals surface area contributed by atoms with Crippen molar-refractivity contribution in [1.82, 2.24) is 0 Å². The molecule has 0 aliphatic rings. The minimum atomic E-state index is 1.14. The maximum Gasteiger partial charge on any atom is 0.0629 e. The van der Waals surface area contributed by atoms with E-state index in [1.165, 1.54) is 22.6 Å². The second-order valence-corrected chi connectivity index (χ2v) is 4.93. The minimum Gasteiger partial charge on any atom is -0.0985 e. The predicted octanol–water partition coefficient (Wildman–Crippen LogP) is 5.35. The second kappa shape index (κ2) is 6.23. The van der Waals surface area contributed by atoms with Gasteiger partial charge in [0.25, 0.3) is 0 Å². The molecule has 0 fully saturated rings. The van der Waals surface area contributed by atoms with E-state index in [0.717, 1.165) is 5.56 Å². The largest absolute Gasteiger partial charge is 0.0985 e. The van der Waals surface area contributed by atoms with E-state index in [0.29, 0.717) is 0 Å². The van der Waals surface area contributed by atoms with Crippen molar-refractivity contribution in [2.24, 2.45) is 0 Å². The van der Waals surface area contributed by atoms with Crippen molar-refractivity contribution in [3.05, 3.63) is 120 Å². The lowest BCUT2D eigenvalue weighted by molar-refractivity contribution is 1.23. The number of hydrogen-bond donors (Lipinski definition) is 0. The smallest absolute Gasteiger partial charge is 0.0629 e. The fraction of sp³-hybridized carbons (Fsp3) is 0. The highest BCUT2D eigenvalue weighted by Gasteiger charge is 2.16. The van der Waals surface area contributed by atoms with Gasteiger partial charge in [-0.3, -0.25) is 0 Å². The lowest BCUT2D eigenvalue weighted by Gasteiger charge is -2.18. The van der Waals surface area contributed by atoms with Gasteiger partial charge in [0.1, 0.15) is 0 Å². The van der Waals surface area contributed by atoms with E-state index in [9.17, 15) is 0 Å². The maximum atomic E-state index is 3.81. The van der Waals surface area contributed by atoms with Crippen molar-refractivity contribution < 1.29 is 0 Å². The lowest BCUT2D eigenvalue weighted by atomic mass is 9.85. The highest BCUT2D eigenvalue weighted by Crippen LogP contribution is 2.30. The molecule has 3 rings (SSSR count). The maximum absolute atomic E-state index is 3.81. The van der Waals surface area contributed by atoms with Crippen LogP contribution in [0.2, 0.25) is 0 Å². The van der Waals surface area contributed by atoms with E-state index in [2.05, 4.69) is 79.4 Å². The summed E-state index contributed by atoms with van der Waals surface area (Å²) in [5.41, 5.74) is 4.82. The summed E-state index contributed by atoms with van der Waals surface area (Å²) in [5, 5.41) is 0. The first-order valence-corrected chi connectivity index (χ1v) is 7.09. The van der Waals surface area contributed by atoms with Crippen molar-refractivity contribution in [2.75, 3.05) is 0 Å².